The Kier molecular flexibility index (Phi) is 3.99. The van der Waals surface area contributed by atoms with Gasteiger partial charge in [0.05, 0.1) is 16.1 Å². The van der Waals surface area contributed by atoms with Gasteiger partial charge in [-0.2, -0.15) is 0 Å². The summed E-state index contributed by atoms with van der Waals surface area (Å²) in [6, 6.07) is 10.9. The maximum absolute atomic E-state index is 12.4. The first-order valence-electron chi connectivity index (χ1n) is 6.23. The van der Waals surface area contributed by atoms with Gasteiger partial charge in [-0.15, -0.1) is 0 Å². The van der Waals surface area contributed by atoms with E-state index in [0.717, 1.165) is 0 Å². The molecule has 2 aromatic carbocycles. The van der Waals surface area contributed by atoms with Gasteiger partial charge in [-0.25, -0.2) is 13.2 Å². The maximum Gasteiger partial charge on any atom is 0.335 e. The molecule has 0 aliphatic heterocycles. The van der Waals surface area contributed by atoms with Crippen LogP contribution in [-0.4, -0.2) is 19.5 Å². The summed E-state index contributed by atoms with van der Waals surface area (Å²) >= 11 is 0. The lowest BCUT2D eigenvalue weighted by Crippen LogP contribution is -2.15. The monoisotopic (exact) mass is 305 g/mol. The number of nitrogens with one attached hydrogen (secondary N) is 1. The first-order valence-corrected chi connectivity index (χ1v) is 7.72. The molecule has 0 aliphatic rings. The summed E-state index contributed by atoms with van der Waals surface area (Å²) in [7, 11) is -3.75. The minimum absolute atomic E-state index is 0.0306. The van der Waals surface area contributed by atoms with E-state index in [1.165, 1.54) is 18.2 Å². The van der Waals surface area contributed by atoms with Gasteiger partial charge in [0.15, 0.2) is 0 Å². The average Bonchev–Trinajstić information content (AvgIpc) is 2.41. The molecule has 21 heavy (non-hydrogen) atoms. The highest BCUT2D eigenvalue weighted by molar-refractivity contribution is 7.92. The Balaban J connectivity index is 2.44. The van der Waals surface area contributed by atoms with Crippen molar-refractivity contribution in [1.82, 2.24) is 0 Å². The molecule has 0 bridgehead atoms. The molecule has 0 aliphatic carbocycles. The van der Waals surface area contributed by atoms with Crippen molar-refractivity contribution in [2.45, 2.75) is 18.7 Å². The molecule has 0 fully saturated rings. The summed E-state index contributed by atoms with van der Waals surface area (Å²) in [5, 5.41) is 8.98. The van der Waals surface area contributed by atoms with Crippen molar-refractivity contribution in [2.75, 3.05) is 4.72 Å². The number of benzene rings is 2. The number of aromatic carboxylic acids is 1. The van der Waals surface area contributed by atoms with Crippen molar-refractivity contribution in [1.29, 1.82) is 0 Å². The minimum Gasteiger partial charge on any atom is -0.478 e. The second-order valence-corrected chi connectivity index (χ2v) is 6.36. The first kappa shape index (κ1) is 15.1. The smallest absolute Gasteiger partial charge is 0.335 e. The lowest BCUT2D eigenvalue weighted by Gasteiger charge is -2.12. The highest BCUT2D eigenvalue weighted by Gasteiger charge is 2.18. The number of sulfonamides is 1. The Morgan fingerprint density at radius 1 is 1.05 bits per heavy atom. The van der Waals surface area contributed by atoms with Gasteiger partial charge in [0, 0.05) is 0 Å². The molecule has 0 radical (unpaired) electrons. The zero-order valence-electron chi connectivity index (χ0n) is 11.6. The fourth-order valence-corrected chi connectivity index (χ4v) is 3.29. The van der Waals surface area contributed by atoms with Crippen molar-refractivity contribution >= 4 is 21.7 Å². The van der Waals surface area contributed by atoms with Gasteiger partial charge in [-0.1, -0.05) is 24.3 Å². The number of carboxylic acid groups (broad SMARTS) is 1. The van der Waals surface area contributed by atoms with Gasteiger partial charge in [0.25, 0.3) is 10.0 Å². The SMILES string of the molecule is Cc1ccc(C(=O)O)cc1NS(=O)(=O)c1ccccc1C. The summed E-state index contributed by atoms with van der Waals surface area (Å²) in [6.45, 7) is 3.41. The Morgan fingerprint density at radius 2 is 1.71 bits per heavy atom. The number of aryl methyl sites for hydroxylation is 2. The summed E-state index contributed by atoms with van der Waals surface area (Å²) < 4.78 is 27.2. The van der Waals surface area contributed by atoms with E-state index in [1.807, 2.05) is 0 Å². The number of hydrogen-bond acceptors (Lipinski definition) is 3. The lowest BCUT2D eigenvalue weighted by molar-refractivity contribution is 0.0697. The number of anilines is 1. The minimum atomic E-state index is -3.75. The topological polar surface area (TPSA) is 83.5 Å². The van der Waals surface area contributed by atoms with Crippen LogP contribution in [0.3, 0.4) is 0 Å². The molecule has 2 aromatic rings. The summed E-state index contributed by atoms with van der Waals surface area (Å²) in [5.74, 6) is -1.11. The summed E-state index contributed by atoms with van der Waals surface area (Å²) in [6.07, 6.45) is 0. The van der Waals surface area contributed by atoms with E-state index >= 15 is 0 Å². The zero-order chi connectivity index (χ0) is 15.6. The second-order valence-electron chi connectivity index (χ2n) is 4.71. The molecule has 0 aromatic heterocycles. The molecule has 110 valence electrons. The molecule has 0 unspecified atom stereocenters. The Morgan fingerprint density at radius 3 is 2.33 bits per heavy atom. The van der Waals surface area contributed by atoms with E-state index in [9.17, 15) is 13.2 Å². The van der Waals surface area contributed by atoms with E-state index in [0.29, 0.717) is 11.1 Å². The van der Waals surface area contributed by atoms with Crippen LogP contribution in [-0.2, 0) is 10.0 Å². The number of hydrogen-bond donors (Lipinski definition) is 2. The third-order valence-electron chi connectivity index (χ3n) is 3.11. The number of rotatable bonds is 4. The van der Waals surface area contributed by atoms with Crippen LogP contribution in [0.1, 0.15) is 21.5 Å². The Bertz CT molecular complexity index is 797. The van der Waals surface area contributed by atoms with Gasteiger partial charge in [0.1, 0.15) is 0 Å². The van der Waals surface area contributed by atoms with E-state index in [-0.39, 0.29) is 16.1 Å². The molecule has 0 spiro atoms. The van der Waals surface area contributed by atoms with Crippen molar-refractivity contribution in [2.24, 2.45) is 0 Å². The van der Waals surface area contributed by atoms with Gasteiger partial charge < -0.3 is 5.11 Å². The average molecular weight is 305 g/mol. The summed E-state index contributed by atoms with van der Waals surface area (Å²) in [4.78, 5) is 11.1. The number of carboxylic acids is 1. The Hall–Kier alpha value is -2.34. The molecule has 0 saturated carbocycles. The molecule has 5 nitrogen and oxygen atoms in total. The first-order chi connectivity index (χ1) is 9.81. The van der Waals surface area contributed by atoms with Crippen molar-refractivity contribution in [3.63, 3.8) is 0 Å². The van der Waals surface area contributed by atoms with Crippen LogP contribution in [0.4, 0.5) is 5.69 Å². The van der Waals surface area contributed by atoms with Gasteiger partial charge in [-0.3, -0.25) is 4.72 Å². The molecule has 0 atom stereocenters. The molecular weight excluding hydrogens is 290 g/mol. The van der Waals surface area contributed by atoms with Crippen molar-refractivity contribution in [3.8, 4) is 0 Å². The Labute approximate surface area is 123 Å². The highest BCUT2D eigenvalue weighted by atomic mass is 32.2. The predicted octanol–water partition coefficient (Wildman–Crippen LogP) is 2.80. The molecule has 2 rings (SSSR count). The quantitative estimate of drug-likeness (QED) is 0.909. The summed E-state index contributed by atoms with van der Waals surface area (Å²) in [5.41, 5.74) is 1.57. The van der Waals surface area contributed by atoms with Crippen LogP contribution < -0.4 is 4.72 Å². The molecule has 2 N–H and O–H groups in total. The van der Waals surface area contributed by atoms with E-state index in [2.05, 4.69) is 4.72 Å². The maximum atomic E-state index is 12.4. The van der Waals surface area contributed by atoms with Crippen molar-refractivity contribution in [3.05, 3.63) is 59.2 Å². The second kappa shape index (κ2) is 5.57. The largest absolute Gasteiger partial charge is 0.478 e. The van der Waals surface area contributed by atoms with Crippen LogP contribution in [0.2, 0.25) is 0 Å². The molecule has 0 amide bonds. The molecular formula is C15H15NO4S. The molecule has 6 heteroatoms. The van der Waals surface area contributed by atoms with Gasteiger partial charge in [-0.05, 0) is 43.2 Å². The third-order valence-corrected chi connectivity index (χ3v) is 4.64. The van der Waals surface area contributed by atoms with E-state index < -0.39 is 16.0 Å². The molecule has 0 saturated heterocycles. The third kappa shape index (κ3) is 3.22. The van der Waals surface area contributed by atoms with Crippen LogP contribution in [0.25, 0.3) is 0 Å². The van der Waals surface area contributed by atoms with Gasteiger partial charge in [0.2, 0.25) is 0 Å². The fourth-order valence-electron chi connectivity index (χ4n) is 1.92. The van der Waals surface area contributed by atoms with Crippen LogP contribution in [0.5, 0.6) is 0 Å². The van der Waals surface area contributed by atoms with Gasteiger partial charge >= 0.3 is 5.97 Å². The van der Waals surface area contributed by atoms with E-state index in [1.54, 1.807) is 38.1 Å². The standard InChI is InChI=1S/C15H15NO4S/c1-10-7-8-12(15(17)18)9-13(10)16-21(19,20)14-6-4-3-5-11(14)2/h3-9,16H,1-2H3,(H,17,18). The molecule has 0 heterocycles. The zero-order valence-corrected chi connectivity index (χ0v) is 12.4. The van der Waals surface area contributed by atoms with E-state index in [4.69, 9.17) is 5.11 Å². The normalized spacial score (nSPS) is 11.1. The van der Waals surface area contributed by atoms with Crippen LogP contribution >= 0.6 is 0 Å². The fraction of sp³-hybridized carbons (Fsp3) is 0.133. The predicted molar refractivity (Wildman–Crippen MR) is 80.1 cm³/mol. The highest BCUT2D eigenvalue weighted by Crippen LogP contribution is 2.22. The van der Waals surface area contributed by atoms with Crippen molar-refractivity contribution < 1.29 is 18.3 Å². The van der Waals surface area contributed by atoms with Crippen LogP contribution in [0, 0.1) is 13.8 Å². The van der Waals surface area contributed by atoms with Crippen LogP contribution in [0.15, 0.2) is 47.4 Å². The lowest BCUT2D eigenvalue weighted by atomic mass is 10.1. The number of carbonyl (C=O) groups is 1.